The van der Waals surface area contributed by atoms with Gasteiger partial charge in [-0.1, -0.05) is 242 Å². The lowest BCUT2D eigenvalue weighted by atomic mass is 9.99. The highest BCUT2D eigenvalue weighted by Crippen LogP contribution is 2.23. The van der Waals surface area contributed by atoms with Crippen LogP contribution in [0.1, 0.15) is 290 Å². The second kappa shape index (κ2) is 54.6. The Bertz CT molecular complexity index is 1400. The van der Waals surface area contributed by atoms with Crippen molar-refractivity contribution in [3.05, 3.63) is 48.6 Å². The Morgan fingerprint density at radius 2 is 0.895 bits per heavy atom. The Morgan fingerprint density at radius 3 is 1.38 bits per heavy atom. The molecule has 1 rings (SSSR count). The summed E-state index contributed by atoms with van der Waals surface area (Å²) in [7, 11) is 0. The summed E-state index contributed by atoms with van der Waals surface area (Å²) in [6, 6.07) is -0.818. The molecule has 76 heavy (non-hydrogen) atoms. The Labute approximate surface area is 466 Å². The summed E-state index contributed by atoms with van der Waals surface area (Å²) in [6.45, 7) is 4.30. The van der Waals surface area contributed by atoms with E-state index in [9.17, 15) is 35.1 Å². The molecule has 11 nitrogen and oxygen atoms in total. The maximum atomic E-state index is 13.1. The van der Waals surface area contributed by atoms with Crippen molar-refractivity contribution in [2.45, 2.75) is 333 Å². The highest BCUT2D eigenvalue weighted by atomic mass is 16.7. The molecule has 11 heteroatoms. The fourth-order valence-electron chi connectivity index (χ4n) is 9.80. The lowest BCUT2D eigenvalue weighted by molar-refractivity contribution is -0.302. The number of hydrogen-bond acceptors (Lipinski definition) is 10. The van der Waals surface area contributed by atoms with Crippen LogP contribution in [-0.4, -0.2) is 100 Å². The van der Waals surface area contributed by atoms with E-state index in [4.69, 9.17) is 14.2 Å². The summed E-state index contributed by atoms with van der Waals surface area (Å²) in [5.41, 5.74) is 0. The molecular formula is C65H119NO10. The van der Waals surface area contributed by atoms with Crippen LogP contribution in [0.15, 0.2) is 48.6 Å². The van der Waals surface area contributed by atoms with Crippen molar-refractivity contribution in [1.29, 1.82) is 0 Å². The molecular weight excluding hydrogens is 955 g/mol. The normalized spacial score (nSPS) is 19.0. The third-order valence-corrected chi connectivity index (χ3v) is 14.9. The summed E-state index contributed by atoms with van der Waals surface area (Å²) < 4.78 is 16.7. The van der Waals surface area contributed by atoms with Gasteiger partial charge in [-0.2, -0.15) is 0 Å². The molecule has 0 aromatic carbocycles. The predicted molar refractivity (Wildman–Crippen MR) is 315 cm³/mol. The Kier molecular flexibility index (Phi) is 51.4. The van der Waals surface area contributed by atoms with Gasteiger partial charge in [-0.3, -0.25) is 9.59 Å². The summed E-state index contributed by atoms with van der Waals surface area (Å²) in [5, 5.41) is 54.5. The number of carbonyl (C=O) groups excluding carboxylic acids is 2. The number of amides is 1. The third kappa shape index (κ3) is 43.5. The van der Waals surface area contributed by atoms with Crippen molar-refractivity contribution in [3.8, 4) is 0 Å². The highest BCUT2D eigenvalue weighted by molar-refractivity contribution is 5.76. The number of aliphatic hydroxyl groups excluding tert-OH is 5. The van der Waals surface area contributed by atoms with Gasteiger partial charge in [0, 0.05) is 12.8 Å². The van der Waals surface area contributed by atoms with Gasteiger partial charge >= 0.3 is 5.97 Å². The van der Waals surface area contributed by atoms with Crippen LogP contribution < -0.4 is 5.32 Å². The number of allylic oxidation sites excluding steroid dienone is 7. The first kappa shape index (κ1) is 71.6. The van der Waals surface area contributed by atoms with Gasteiger partial charge in [0.05, 0.1) is 32.0 Å². The third-order valence-electron chi connectivity index (χ3n) is 14.9. The number of ether oxygens (including phenoxy) is 3. The molecule has 7 unspecified atom stereocenters. The second-order valence-electron chi connectivity index (χ2n) is 22.1. The zero-order chi connectivity index (χ0) is 55.2. The molecule has 0 aromatic heterocycles. The number of esters is 1. The fourth-order valence-corrected chi connectivity index (χ4v) is 9.80. The number of carbonyl (C=O) groups is 2. The lowest BCUT2D eigenvalue weighted by Gasteiger charge is -2.40. The van der Waals surface area contributed by atoms with E-state index in [0.29, 0.717) is 19.4 Å². The van der Waals surface area contributed by atoms with Gasteiger partial charge in [0.1, 0.15) is 24.4 Å². The fraction of sp³-hybridized carbons (Fsp3) is 0.846. The van der Waals surface area contributed by atoms with Crippen LogP contribution in [0.2, 0.25) is 0 Å². The molecule has 444 valence electrons. The molecule has 0 aromatic rings. The molecule has 0 bridgehead atoms. The smallest absolute Gasteiger partial charge is 0.305 e. The minimum absolute atomic E-state index is 0.0161. The average molecular weight is 1070 g/mol. The number of hydrogen-bond donors (Lipinski definition) is 6. The van der Waals surface area contributed by atoms with Crippen LogP contribution in [0, 0.1) is 0 Å². The summed E-state index contributed by atoms with van der Waals surface area (Å²) in [5.74, 6) is -0.208. The van der Waals surface area contributed by atoms with Gasteiger partial charge in [-0.05, 0) is 83.5 Å². The van der Waals surface area contributed by atoms with E-state index in [2.05, 4.69) is 55.6 Å². The first-order chi connectivity index (χ1) is 37.2. The molecule has 0 saturated carbocycles. The molecule has 1 heterocycles. The van der Waals surface area contributed by atoms with Crippen LogP contribution in [0.25, 0.3) is 0 Å². The summed E-state index contributed by atoms with van der Waals surface area (Å²) in [4.78, 5) is 25.1. The highest BCUT2D eigenvalue weighted by Gasteiger charge is 2.44. The maximum Gasteiger partial charge on any atom is 0.305 e. The molecule has 0 aliphatic carbocycles. The van der Waals surface area contributed by atoms with Gasteiger partial charge in [0.25, 0.3) is 0 Å². The molecule has 1 aliphatic rings. The van der Waals surface area contributed by atoms with E-state index in [1.54, 1.807) is 6.08 Å². The van der Waals surface area contributed by atoms with Crippen LogP contribution in [0.3, 0.4) is 0 Å². The van der Waals surface area contributed by atoms with E-state index in [-0.39, 0.29) is 18.5 Å². The largest absolute Gasteiger partial charge is 0.466 e. The van der Waals surface area contributed by atoms with Crippen LogP contribution >= 0.6 is 0 Å². The molecule has 1 saturated heterocycles. The van der Waals surface area contributed by atoms with Crippen LogP contribution in [0.4, 0.5) is 0 Å². The zero-order valence-corrected chi connectivity index (χ0v) is 49.0. The van der Waals surface area contributed by atoms with E-state index < -0.39 is 49.5 Å². The topological polar surface area (TPSA) is 175 Å². The Morgan fingerprint density at radius 1 is 0.487 bits per heavy atom. The minimum Gasteiger partial charge on any atom is -0.466 e. The summed E-state index contributed by atoms with van der Waals surface area (Å²) >= 11 is 0. The monoisotopic (exact) mass is 1070 g/mol. The van der Waals surface area contributed by atoms with Gasteiger partial charge in [-0.25, -0.2) is 0 Å². The van der Waals surface area contributed by atoms with Crippen molar-refractivity contribution in [2.24, 2.45) is 0 Å². The average Bonchev–Trinajstić information content (AvgIpc) is 3.42. The number of nitrogens with one attached hydrogen (secondary N) is 1. The molecule has 1 amide bonds. The maximum absolute atomic E-state index is 13.1. The first-order valence-corrected chi connectivity index (χ1v) is 31.9. The number of unbranched alkanes of at least 4 members (excludes halogenated alkanes) is 35. The van der Waals surface area contributed by atoms with Gasteiger partial charge in [-0.15, -0.1) is 0 Å². The van der Waals surface area contributed by atoms with Crippen molar-refractivity contribution in [1.82, 2.24) is 5.32 Å². The van der Waals surface area contributed by atoms with Gasteiger partial charge in [0.15, 0.2) is 6.29 Å². The predicted octanol–water partition coefficient (Wildman–Crippen LogP) is 15.2. The van der Waals surface area contributed by atoms with Crippen LogP contribution in [0.5, 0.6) is 0 Å². The quantitative estimate of drug-likeness (QED) is 0.0195. The van der Waals surface area contributed by atoms with Crippen molar-refractivity contribution in [3.63, 3.8) is 0 Å². The molecule has 1 fully saturated rings. The van der Waals surface area contributed by atoms with Crippen molar-refractivity contribution >= 4 is 11.9 Å². The van der Waals surface area contributed by atoms with E-state index in [1.165, 1.54) is 180 Å². The van der Waals surface area contributed by atoms with Crippen molar-refractivity contribution < 1.29 is 49.3 Å². The standard InChI is InChI=1S/C65H119NO10/c1-3-5-7-9-11-13-15-16-28-32-35-39-43-47-51-58(68)57(56-75-65-64(73)63(72)62(71)59(55-67)76-65)66-60(69)52-48-44-40-36-33-29-26-24-22-20-18-17-19-21-23-25-27-30-34-38-42-46-50-54-74-61(70)53-49-45-41-37-31-14-12-10-8-6-4-2/h10,12,17,19-20,22,47,51,57-59,62-65,67-68,71-73H,3-9,11,13-16,18,21,23-46,48-50,52-56H2,1-2H3,(H,66,69)/b12-10-,19-17-,22-20-,51-47+. The minimum atomic E-state index is -1.58. The molecule has 7 atom stereocenters. The second-order valence-corrected chi connectivity index (χ2v) is 22.1. The number of rotatable bonds is 55. The van der Waals surface area contributed by atoms with Crippen molar-refractivity contribution in [2.75, 3.05) is 19.8 Å². The molecule has 0 spiro atoms. The van der Waals surface area contributed by atoms with Crippen LogP contribution in [-0.2, 0) is 23.8 Å². The van der Waals surface area contributed by atoms with E-state index in [1.807, 2.05) is 6.08 Å². The summed E-state index contributed by atoms with van der Waals surface area (Å²) in [6.07, 6.45) is 59.2. The SMILES string of the molecule is CCCC/C=C\CCCCCCCC(=O)OCCCCCCCCCCC/C=C\C/C=C\CCCCCCCCCC(=O)NC(COC1OC(CO)C(O)C(O)C1O)C(O)/C=C/CCCCCCCCCCCCCC. The van der Waals surface area contributed by atoms with E-state index in [0.717, 1.165) is 83.5 Å². The molecule has 0 radical (unpaired) electrons. The first-order valence-electron chi connectivity index (χ1n) is 31.9. The Balaban J connectivity index is 2.09. The Hall–Kier alpha value is -2.38. The lowest BCUT2D eigenvalue weighted by Crippen LogP contribution is -2.60. The zero-order valence-electron chi connectivity index (χ0n) is 49.0. The molecule has 1 aliphatic heterocycles. The van der Waals surface area contributed by atoms with Gasteiger partial charge in [0.2, 0.25) is 5.91 Å². The van der Waals surface area contributed by atoms with E-state index >= 15 is 0 Å². The molecule has 6 N–H and O–H groups in total. The number of aliphatic hydroxyl groups is 5. The van der Waals surface area contributed by atoms with Gasteiger partial charge < -0.3 is 45.1 Å².